The molecule has 0 fully saturated rings. The fraction of sp³-hybridized carbons (Fsp3) is 0.208. The highest BCUT2D eigenvalue weighted by Gasteiger charge is 2.35. The number of rotatable bonds is 8. The molecule has 1 aromatic heterocycles. The van der Waals surface area contributed by atoms with Crippen LogP contribution in [0, 0.1) is 0 Å². The summed E-state index contributed by atoms with van der Waals surface area (Å²) in [5.41, 5.74) is 7.49. The molecule has 2 aromatic carbocycles. The summed E-state index contributed by atoms with van der Waals surface area (Å²) in [5, 5.41) is 12.8. The van der Waals surface area contributed by atoms with E-state index in [0.29, 0.717) is 38.9 Å². The Kier molecular flexibility index (Phi) is 6.42. The van der Waals surface area contributed by atoms with E-state index < -0.39 is 17.8 Å². The van der Waals surface area contributed by atoms with Crippen molar-refractivity contribution in [1.29, 1.82) is 0 Å². The van der Waals surface area contributed by atoms with Crippen molar-refractivity contribution < 1.29 is 33.7 Å². The third kappa shape index (κ3) is 4.40. The number of hydrogen-bond donors (Lipinski definition) is 3. The first-order valence-electron chi connectivity index (χ1n) is 10.3. The second-order valence-electron chi connectivity index (χ2n) is 7.55. The van der Waals surface area contributed by atoms with Crippen molar-refractivity contribution in [3.63, 3.8) is 0 Å². The highest BCUT2D eigenvalue weighted by Crippen LogP contribution is 2.50. The number of carboxylic acids is 1. The van der Waals surface area contributed by atoms with Crippen molar-refractivity contribution in [2.24, 2.45) is 5.73 Å². The minimum Gasteiger partial charge on any atom is -0.497 e. The van der Waals surface area contributed by atoms with Crippen LogP contribution in [0.5, 0.6) is 17.2 Å². The van der Waals surface area contributed by atoms with Crippen LogP contribution < -0.4 is 25.3 Å². The molecule has 4 rings (SSSR count). The number of nitrogens with one attached hydrogen (secondary N) is 1. The number of carboxylic acid groups (broad SMARTS) is 1. The van der Waals surface area contributed by atoms with Crippen molar-refractivity contribution in [3.8, 4) is 28.4 Å². The maximum absolute atomic E-state index is 12.7. The zero-order chi connectivity index (χ0) is 24.4. The van der Waals surface area contributed by atoms with Gasteiger partial charge in [-0.2, -0.15) is 0 Å². The maximum atomic E-state index is 12.7. The zero-order valence-electron chi connectivity index (χ0n) is 18.4. The lowest BCUT2D eigenvalue weighted by molar-refractivity contribution is -0.120. The van der Waals surface area contributed by atoms with Gasteiger partial charge in [0.1, 0.15) is 10.6 Å². The van der Waals surface area contributed by atoms with Gasteiger partial charge in [-0.15, -0.1) is 11.3 Å². The van der Waals surface area contributed by atoms with Crippen LogP contribution in [-0.4, -0.2) is 43.7 Å². The molecule has 1 aliphatic rings. The summed E-state index contributed by atoms with van der Waals surface area (Å²) in [6.45, 7) is -0.333. The number of carbonyl (C=O) groups excluding carboxylic acids is 2. The number of thiophene rings is 1. The Morgan fingerprint density at radius 1 is 1.12 bits per heavy atom. The van der Waals surface area contributed by atoms with Gasteiger partial charge in [0.05, 0.1) is 19.9 Å². The highest BCUT2D eigenvalue weighted by molar-refractivity contribution is 7.15. The van der Waals surface area contributed by atoms with Gasteiger partial charge >= 0.3 is 5.97 Å². The van der Waals surface area contributed by atoms with Gasteiger partial charge in [0.2, 0.25) is 5.91 Å². The molecule has 0 radical (unpaired) electrons. The number of nitrogens with two attached hydrogens (primary N) is 1. The van der Waals surface area contributed by atoms with Crippen molar-refractivity contribution in [1.82, 2.24) is 0 Å². The topological polar surface area (TPSA) is 137 Å². The molecule has 4 N–H and O–H groups in total. The minimum absolute atomic E-state index is 0.121. The molecule has 1 aliphatic heterocycles. The standard InChI is InChI=1S/C24H22N2O7S/c1-31-14-6-3-12(4-7-14)20-21-22(34-23(20)24(29)30)15(10-19(28)26-21)13-5-8-16(32-2)17(9-13)33-11-18(25)27/h3-9,15H,10-11H2,1-2H3,(H2,25,27)(H,26,28)(H,29,30)/t15-/m0/s1. The summed E-state index contributed by atoms with van der Waals surface area (Å²) in [7, 11) is 3.02. The summed E-state index contributed by atoms with van der Waals surface area (Å²) in [4.78, 5) is 36.9. The van der Waals surface area contributed by atoms with E-state index in [-0.39, 0.29) is 23.8 Å². The van der Waals surface area contributed by atoms with Crippen LogP contribution in [-0.2, 0) is 9.59 Å². The lowest BCUT2D eigenvalue weighted by Crippen LogP contribution is -2.23. The van der Waals surface area contributed by atoms with Gasteiger partial charge in [0.25, 0.3) is 5.91 Å². The average Bonchev–Trinajstić information content (AvgIpc) is 3.21. The van der Waals surface area contributed by atoms with Gasteiger partial charge < -0.3 is 30.4 Å². The fourth-order valence-electron chi connectivity index (χ4n) is 3.91. The maximum Gasteiger partial charge on any atom is 0.346 e. The second-order valence-corrected chi connectivity index (χ2v) is 8.60. The molecule has 1 atom stereocenters. The van der Waals surface area contributed by atoms with E-state index in [9.17, 15) is 19.5 Å². The Balaban J connectivity index is 1.83. The van der Waals surface area contributed by atoms with Crippen LogP contribution >= 0.6 is 11.3 Å². The minimum atomic E-state index is -1.08. The van der Waals surface area contributed by atoms with Crippen molar-refractivity contribution >= 4 is 34.8 Å². The van der Waals surface area contributed by atoms with E-state index in [2.05, 4.69) is 5.32 Å². The number of aromatic carboxylic acids is 1. The number of fused-ring (bicyclic) bond motifs is 1. The van der Waals surface area contributed by atoms with E-state index in [4.69, 9.17) is 19.9 Å². The Bertz CT molecular complexity index is 1270. The molecule has 9 nitrogen and oxygen atoms in total. The molecule has 0 aliphatic carbocycles. The van der Waals surface area contributed by atoms with E-state index >= 15 is 0 Å². The molecular weight excluding hydrogens is 460 g/mol. The fourth-order valence-corrected chi connectivity index (χ4v) is 5.16. The number of amides is 2. The molecule has 2 amide bonds. The summed E-state index contributed by atoms with van der Waals surface area (Å²) >= 11 is 1.12. The van der Waals surface area contributed by atoms with Gasteiger partial charge in [-0.25, -0.2) is 4.79 Å². The van der Waals surface area contributed by atoms with Crippen LogP contribution in [0.15, 0.2) is 42.5 Å². The largest absolute Gasteiger partial charge is 0.497 e. The van der Waals surface area contributed by atoms with Gasteiger partial charge in [-0.05, 0) is 35.4 Å². The first-order chi connectivity index (χ1) is 16.3. The monoisotopic (exact) mass is 482 g/mol. The predicted molar refractivity (Wildman–Crippen MR) is 126 cm³/mol. The lowest BCUT2D eigenvalue weighted by Gasteiger charge is -2.24. The van der Waals surface area contributed by atoms with Crippen molar-refractivity contribution in [2.75, 3.05) is 26.1 Å². The normalized spacial score (nSPS) is 14.6. The molecule has 34 heavy (non-hydrogen) atoms. The Hall–Kier alpha value is -4.05. The second kappa shape index (κ2) is 9.44. The number of ether oxygens (including phenoxy) is 3. The van der Waals surface area contributed by atoms with Crippen molar-refractivity contribution in [2.45, 2.75) is 12.3 Å². The quantitative estimate of drug-likeness (QED) is 0.447. The molecule has 176 valence electrons. The number of primary amides is 1. The molecule has 0 spiro atoms. The summed E-state index contributed by atoms with van der Waals surface area (Å²) in [5.74, 6) is -1.04. The molecule has 0 saturated heterocycles. The highest BCUT2D eigenvalue weighted by atomic mass is 32.1. The number of carbonyl (C=O) groups is 3. The lowest BCUT2D eigenvalue weighted by atomic mass is 9.88. The molecule has 3 aromatic rings. The van der Waals surface area contributed by atoms with Crippen LogP contribution in [0.3, 0.4) is 0 Å². The van der Waals surface area contributed by atoms with Gasteiger partial charge in [-0.3, -0.25) is 9.59 Å². The summed E-state index contributed by atoms with van der Waals surface area (Å²) in [6.07, 6.45) is 0.121. The Labute approximate surface area is 199 Å². The van der Waals surface area contributed by atoms with Crippen LogP contribution in [0.25, 0.3) is 11.1 Å². The molecular formula is C24H22N2O7S. The third-order valence-corrected chi connectivity index (χ3v) is 6.73. The van der Waals surface area contributed by atoms with Gasteiger partial charge in [-0.1, -0.05) is 18.2 Å². The predicted octanol–water partition coefficient (Wildman–Crippen LogP) is 3.47. The first kappa shape index (κ1) is 23.1. The third-order valence-electron chi connectivity index (χ3n) is 5.44. The molecule has 0 bridgehead atoms. The van der Waals surface area contributed by atoms with Gasteiger partial charge in [0, 0.05) is 22.8 Å². The van der Waals surface area contributed by atoms with Crippen molar-refractivity contribution in [3.05, 3.63) is 57.8 Å². The van der Waals surface area contributed by atoms with Gasteiger partial charge in [0.15, 0.2) is 18.1 Å². The van der Waals surface area contributed by atoms with Crippen LogP contribution in [0.2, 0.25) is 0 Å². The van der Waals surface area contributed by atoms with E-state index in [1.54, 1.807) is 49.6 Å². The number of benzene rings is 2. The molecule has 10 heteroatoms. The van der Waals surface area contributed by atoms with E-state index in [0.717, 1.165) is 16.9 Å². The SMILES string of the molecule is COc1ccc(-c2c(C(=O)O)sc3c2NC(=O)C[C@H]3c2ccc(OC)c(OCC(N)=O)c2)cc1. The zero-order valence-corrected chi connectivity index (χ0v) is 19.2. The first-order valence-corrected chi connectivity index (χ1v) is 11.1. The van der Waals surface area contributed by atoms with Crippen LogP contribution in [0.1, 0.15) is 32.5 Å². The van der Waals surface area contributed by atoms with E-state index in [1.807, 2.05) is 0 Å². The smallest absolute Gasteiger partial charge is 0.346 e. The summed E-state index contributed by atoms with van der Waals surface area (Å²) < 4.78 is 16.0. The molecule has 0 unspecified atom stereocenters. The Morgan fingerprint density at radius 3 is 2.47 bits per heavy atom. The average molecular weight is 483 g/mol. The van der Waals surface area contributed by atoms with Crippen LogP contribution in [0.4, 0.5) is 5.69 Å². The number of anilines is 1. The molecule has 0 saturated carbocycles. The van der Waals surface area contributed by atoms with E-state index in [1.165, 1.54) is 7.11 Å². The Morgan fingerprint density at radius 2 is 1.85 bits per heavy atom. The number of methoxy groups -OCH3 is 2. The number of hydrogen-bond acceptors (Lipinski definition) is 7. The summed E-state index contributed by atoms with van der Waals surface area (Å²) in [6, 6.07) is 12.1. The molecule has 2 heterocycles.